The number of aryl methyl sites for hydroxylation is 1. The molecule has 0 radical (unpaired) electrons. The van der Waals surface area contributed by atoms with Crippen LogP contribution in [0.4, 0.5) is 4.39 Å². The molecule has 3 rings (SSSR count). The summed E-state index contributed by atoms with van der Waals surface area (Å²) in [5.41, 5.74) is 3.41. The van der Waals surface area contributed by atoms with Crippen LogP contribution in [0.2, 0.25) is 0 Å². The van der Waals surface area contributed by atoms with E-state index in [0.717, 1.165) is 28.5 Å². The monoisotopic (exact) mass is 325 g/mol. The predicted octanol–water partition coefficient (Wildman–Crippen LogP) is 4.13. The Kier molecular flexibility index (Phi) is 4.76. The zero-order valence-electron chi connectivity index (χ0n) is 13.9. The lowest BCUT2D eigenvalue weighted by atomic mass is 10.1. The second kappa shape index (κ2) is 6.97. The Morgan fingerprint density at radius 3 is 2.42 bits per heavy atom. The van der Waals surface area contributed by atoms with E-state index in [1.165, 1.54) is 12.1 Å². The molecule has 4 heteroatoms. The Labute approximate surface area is 140 Å². The van der Waals surface area contributed by atoms with E-state index in [1.807, 2.05) is 19.2 Å². The molecule has 0 amide bonds. The van der Waals surface area contributed by atoms with Gasteiger partial charge in [0.05, 0.1) is 0 Å². The molecular formula is C20H20FNO2. The van der Waals surface area contributed by atoms with E-state index in [2.05, 4.69) is 17.9 Å². The van der Waals surface area contributed by atoms with Gasteiger partial charge in [-0.2, -0.15) is 0 Å². The third-order valence-corrected chi connectivity index (χ3v) is 4.11. The summed E-state index contributed by atoms with van der Waals surface area (Å²) >= 11 is 0. The van der Waals surface area contributed by atoms with E-state index in [-0.39, 0.29) is 11.4 Å². The first-order chi connectivity index (χ1) is 11.5. The van der Waals surface area contributed by atoms with E-state index in [1.54, 1.807) is 18.2 Å². The minimum Gasteiger partial charge on any atom is -0.423 e. The van der Waals surface area contributed by atoms with Gasteiger partial charge < -0.3 is 4.42 Å². The Bertz CT molecular complexity index is 900. The summed E-state index contributed by atoms with van der Waals surface area (Å²) in [7, 11) is 1.98. The lowest BCUT2D eigenvalue weighted by molar-refractivity contribution is 0.319. The standard InChI is InChI=1S/C20H20FNO2/c1-3-14-6-9-18-16(11-20(23)24-19(18)10-14)13-22(2)12-15-4-7-17(21)8-5-15/h4-11H,3,12-13H2,1-2H3. The number of rotatable bonds is 5. The lowest BCUT2D eigenvalue weighted by Gasteiger charge is -2.17. The maximum atomic E-state index is 13.0. The molecule has 0 aliphatic heterocycles. The van der Waals surface area contributed by atoms with Gasteiger partial charge in [0, 0.05) is 24.5 Å². The fourth-order valence-electron chi connectivity index (χ4n) is 2.87. The molecule has 3 nitrogen and oxygen atoms in total. The van der Waals surface area contributed by atoms with E-state index in [9.17, 15) is 9.18 Å². The van der Waals surface area contributed by atoms with Gasteiger partial charge in [-0.05, 0) is 48.4 Å². The molecule has 24 heavy (non-hydrogen) atoms. The number of halogens is 1. The molecule has 3 aromatic rings. The molecular weight excluding hydrogens is 305 g/mol. The summed E-state index contributed by atoms with van der Waals surface area (Å²) in [5, 5.41) is 0.956. The third-order valence-electron chi connectivity index (χ3n) is 4.11. The molecule has 0 aliphatic carbocycles. The summed E-state index contributed by atoms with van der Waals surface area (Å²) in [6, 6.07) is 14.0. The van der Waals surface area contributed by atoms with Crippen molar-refractivity contribution >= 4 is 11.0 Å². The average molecular weight is 325 g/mol. The van der Waals surface area contributed by atoms with Crippen LogP contribution in [0, 0.1) is 5.82 Å². The van der Waals surface area contributed by atoms with Crippen molar-refractivity contribution in [3.8, 4) is 0 Å². The van der Waals surface area contributed by atoms with Gasteiger partial charge in [-0.1, -0.05) is 31.2 Å². The van der Waals surface area contributed by atoms with Crippen LogP contribution in [0.3, 0.4) is 0 Å². The van der Waals surface area contributed by atoms with Crippen LogP contribution in [0.15, 0.2) is 57.7 Å². The molecule has 0 spiro atoms. The van der Waals surface area contributed by atoms with Gasteiger partial charge in [-0.15, -0.1) is 0 Å². The summed E-state index contributed by atoms with van der Waals surface area (Å²) < 4.78 is 18.3. The molecule has 0 bridgehead atoms. The maximum Gasteiger partial charge on any atom is 0.336 e. The molecule has 0 atom stereocenters. The van der Waals surface area contributed by atoms with Crippen LogP contribution in [0.25, 0.3) is 11.0 Å². The maximum absolute atomic E-state index is 13.0. The molecule has 124 valence electrons. The van der Waals surface area contributed by atoms with Crippen LogP contribution in [0.5, 0.6) is 0 Å². The highest BCUT2D eigenvalue weighted by molar-refractivity contribution is 5.80. The average Bonchev–Trinajstić information content (AvgIpc) is 2.56. The summed E-state index contributed by atoms with van der Waals surface area (Å²) in [4.78, 5) is 13.9. The minimum absolute atomic E-state index is 0.236. The molecule has 0 saturated heterocycles. The van der Waals surface area contributed by atoms with Crippen molar-refractivity contribution in [1.29, 1.82) is 0 Å². The van der Waals surface area contributed by atoms with Crippen molar-refractivity contribution in [2.75, 3.05) is 7.05 Å². The van der Waals surface area contributed by atoms with Gasteiger partial charge in [-0.3, -0.25) is 4.90 Å². The van der Waals surface area contributed by atoms with Crippen molar-refractivity contribution in [3.05, 3.63) is 81.5 Å². The van der Waals surface area contributed by atoms with E-state index >= 15 is 0 Å². The highest BCUT2D eigenvalue weighted by Crippen LogP contribution is 2.20. The topological polar surface area (TPSA) is 33.5 Å². The van der Waals surface area contributed by atoms with Gasteiger partial charge in [0.25, 0.3) is 0 Å². The first kappa shape index (κ1) is 16.4. The van der Waals surface area contributed by atoms with Crippen LogP contribution in [-0.4, -0.2) is 11.9 Å². The second-order valence-electron chi connectivity index (χ2n) is 6.07. The van der Waals surface area contributed by atoms with Crippen molar-refractivity contribution in [1.82, 2.24) is 4.90 Å². The first-order valence-corrected chi connectivity index (χ1v) is 8.04. The summed E-state index contributed by atoms with van der Waals surface area (Å²) in [6.07, 6.45) is 0.897. The van der Waals surface area contributed by atoms with E-state index in [0.29, 0.717) is 18.7 Å². The minimum atomic E-state index is -0.332. The molecule has 2 aromatic carbocycles. The number of fused-ring (bicyclic) bond motifs is 1. The van der Waals surface area contributed by atoms with Crippen LogP contribution in [0.1, 0.15) is 23.6 Å². The molecule has 0 fully saturated rings. The van der Waals surface area contributed by atoms with Crippen LogP contribution < -0.4 is 5.63 Å². The third kappa shape index (κ3) is 3.71. The Morgan fingerprint density at radius 2 is 1.71 bits per heavy atom. The fraction of sp³-hybridized carbons (Fsp3) is 0.250. The summed E-state index contributed by atoms with van der Waals surface area (Å²) in [5.74, 6) is -0.236. The largest absolute Gasteiger partial charge is 0.423 e. The van der Waals surface area contributed by atoms with Crippen molar-refractivity contribution < 1.29 is 8.81 Å². The van der Waals surface area contributed by atoms with E-state index < -0.39 is 0 Å². The van der Waals surface area contributed by atoms with Crippen LogP contribution >= 0.6 is 0 Å². The molecule has 1 heterocycles. The number of nitrogens with zero attached hydrogens (tertiary/aromatic N) is 1. The summed E-state index contributed by atoms with van der Waals surface area (Å²) in [6.45, 7) is 3.36. The highest BCUT2D eigenvalue weighted by Gasteiger charge is 2.09. The van der Waals surface area contributed by atoms with Crippen molar-refractivity contribution in [2.45, 2.75) is 26.4 Å². The SMILES string of the molecule is CCc1ccc2c(CN(C)Cc3ccc(F)cc3)cc(=O)oc2c1. The Hall–Kier alpha value is -2.46. The van der Waals surface area contributed by atoms with Gasteiger partial charge in [-0.25, -0.2) is 9.18 Å². The van der Waals surface area contributed by atoms with Crippen molar-refractivity contribution in [3.63, 3.8) is 0 Å². The quantitative estimate of drug-likeness (QED) is 0.662. The van der Waals surface area contributed by atoms with Crippen molar-refractivity contribution in [2.24, 2.45) is 0 Å². The van der Waals surface area contributed by atoms with Gasteiger partial charge in [0.1, 0.15) is 11.4 Å². The smallest absolute Gasteiger partial charge is 0.336 e. The molecule has 0 unspecified atom stereocenters. The lowest BCUT2D eigenvalue weighted by Crippen LogP contribution is -2.18. The second-order valence-corrected chi connectivity index (χ2v) is 6.07. The predicted molar refractivity (Wildman–Crippen MR) is 93.4 cm³/mol. The normalized spacial score (nSPS) is 11.3. The van der Waals surface area contributed by atoms with Crippen LogP contribution in [-0.2, 0) is 19.5 Å². The fourth-order valence-corrected chi connectivity index (χ4v) is 2.87. The highest BCUT2D eigenvalue weighted by atomic mass is 19.1. The zero-order chi connectivity index (χ0) is 17.1. The molecule has 0 aliphatic rings. The Morgan fingerprint density at radius 1 is 1.00 bits per heavy atom. The number of hydrogen-bond donors (Lipinski definition) is 0. The zero-order valence-corrected chi connectivity index (χ0v) is 13.9. The molecule has 0 N–H and O–H groups in total. The first-order valence-electron chi connectivity index (χ1n) is 8.04. The Balaban J connectivity index is 1.86. The molecule has 1 aromatic heterocycles. The van der Waals surface area contributed by atoms with E-state index in [4.69, 9.17) is 4.42 Å². The van der Waals surface area contributed by atoms with Gasteiger partial charge in [0.2, 0.25) is 0 Å². The number of hydrogen-bond acceptors (Lipinski definition) is 3. The van der Waals surface area contributed by atoms with Gasteiger partial charge in [0.15, 0.2) is 0 Å². The molecule has 0 saturated carbocycles. The van der Waals surface area contributed by atoms with Gasteiger partial charge >= 0.3 is 5.63 Å². The number of benzene rings is 2.